The molecule has 0 saturated heterocycles. The van der Waals surface area contributed by atoms with E-state index in [-0.39, 0.29) is 62.7 Å². The van der Waals surface area contributed by atoms with E-state index in [4.69, 9.17) is 0 Å². The third-order valence-electron chi connectivity index (χ3n) is 3.92. The third kappa shape index (κ3) is 3.72. The van der Waals surface area contributed by atoms with Crippen LogP contribution in [0.2, 0.25) is 0 Å². The summed E-state index contributed by atoms with van der Waals surface area (Å²) < 4.78 is 16.6. The van der Waals surface area contributed by atoms with E-state index in [1.165, 1.54) is 6.07 Å². The van der Waals surface area contributed by atoms with Gasteiger partial charge in [-0.3, -0.25) is 0 Å². The number of benzene rings is 1. The molecule has 24 heavy (non-hydrogen) atoms. The van der Waals surface area contributed by atoms with Gasteiger partial charge < -0.3 is 14.7 Å². The molecule has 0 atom stereocenters. The van der Waals surface area contributed by atoms with Crippen LogP contribution in [0, 0.1) is 5.82 Å². The van der Waals surface area contributed by atoms with Crippen LogP contribution in [0.4, 0.5) is 4.39 Å². The molecule has 0 bridgehead atoms. The molecule has 0 radical (unpaired) electrons. The minimum absolute atomic E-state index is 0. The average molecular weight is 414 g/mol. The number of imidazole rings is 1. The molecule has 4 rings (SSSR count). The van der Waals surface area contributed by atoms with Crippen LogP contribution < -0.4 is 51.4 Å². The number of halogens is 2. The Morgan fingerprint density at radius 2 is 2.00 bits per heavy atom. The van der Waals surface area contributed by atoms with Gasteiger partial charge in [-0.05, 0) is 37.0 Å². The van der Waals surface area contributed by atoms with Gasteiger partial charge in [0.15, 0.2) is 0 Å². The van der Waals surface area contributed by atoms with Crippen LogP contribution >= 0.6 is 15.9 Å². The Labute approximate surface area is 189 Å². The standard InChI is InChI=1S/C17H11BrFN2O.K.H2O/c18-12-3-4-13(15(19)6-12)16-8-21-7-10(9-22)5-14(11-1-2-11)17(21)20-16;;/h3-8,11H,1-2H2;;1H2/q-1;+1;/p-1. The van der Waals surface area contributed by atoms with E-state index in [2.05, 4.69) is 20.9 Å². The Morgan fingerprint density at radius 1 is 1.25 bits per heavy atom. The number of hydrogen-bond donors (Lipinski definition) is 0. The molecule has 1 aliphatic rings. The zero-order valence-electron chi connectivity index (χ0n) is 13.0. The molecule has 3 aromatic rings. The number of fused-ring (bicyclic) bond motifs is 1. The molecule has 7 heteroatoms. The molecule has 1 fully saturated rings. The maximum absolute atomic E-state index is 14.1. The zero-order valence-corrected chi connectivity index (χ0v) is 17.7. The van der Waals surface area contributed by atoms with E-state index < -0.39 is 0 Å². The first-order valence-electron chi connectivity index (χ1n) is 7.02. The molecule has 0 aliphatic heterocycles. The fourth-order valence-corrected chi connectivity index (χ4v) is 3.04. The minimum Gasteiger partial charge on any atom is -0.870 e. The first-order chi connectivity index (χ1) is 10.7. The summed E-state index contributed by atoms with van der Waals surface area (Å²) in [4.78, 5) is 15.6. The van der Waals surface area contributed by atoms with Gasteiger partial charge in [-0.15, -0.1) is 5.56 Å². The van der Waals surface area contributed by atoms with Crippen molar-refractivity contribution in [1.29, 1.82) is 0 Å². The molecule has 1 aliphatic carbocycles. The summed E-state index contributed by atoms with van der Waals surface area (Å²) in [6.07, 6.45) is 7.58. The predicted octanol–water partition coefficient (Wildman–Crippen LogP) is 1.07. The largest absolute Gasteiger partial charge is 1.00 e. The second kappa shape index (κ2) is 7.86. The van der Waals surface area contributed by atoms with Crippen LogP contribution in [0.25, 0.3) is 16.9 Å². The van der Waals surface area contributed by atoms with Crippen molar-refractivity contribution >= 4 is 27.9 Å². The zero-order chi connectivity index (χ0) is 15.3. The molecule has 118 valence electrons. The maximum Gasteiger partial charge on any atom is 1.00 e. The summed E-state index contributed by atoms with van der Waals surface area (Å²) in [7, 11) is 0. The molecule has 0 spiro atoms. The Morgan fingerprint density at radius 3 is 2.62 bits per heavy atom. The van der Waals surface area contributed by atoms with Crippen molar-refractivity contribution in [3.8, 4) is 11.3 Å². The van der Waals surface area contributed by atoms with Gasteiger partial charge in [0.1, 0.15) is 11.5 Å². The Bertz CT molecular complexity index is 909. The quantitative estimate of drug-likeness (QED) is 0.476. The second-order valence-corrected chi connectivity index (χ2v) is 6.46. The van der Waals surface area contributed by atoms with E-state index in [9.17, 15) is 9.18 Å². The van der Waals surface area contributed by atoms with Gasteiger partial charge in [0.2, 0.25) is 0 Å². The molecule has 4 nitrogen and oxygen atoms in total. The third-order valence-corrected chi connectivity index (χ3v) is 4.42. The summed E-state index contributed by atoms with van der Waals surface area (Å²) in [6, 6.07) is 6.75. The van der Waals surface area contributed by atoms with Gasteiger partial charge in [-0.1, -0.05) is 27.7 Å². The van der Waals surface area contributed by atoms with Crippen LogP contribution in [0.5, 0.6) is 0 Å². The number of carbonyl (C=O) groups excluding carboxylic acids is 1. The van der Waals surface area contributed by atoms with Gasteiger partial charge >= 0.3 is 51.4 Å². The van der Waals surface area contributed by atoms with E-state index in [0.717, 1.165) is 24.1 Å². The van der Waals surface area contributed by atoms with Crippen LogP contribution in [-0.4, -0.2) is 21.1 Å². The van der Waals surface area contributed by atoms with E-state index in [0.29, 0.717) is 27.2 Å². The normalized spacial score (nSPS) is 13.2. The number of nitrogens with zero attached hydrogens (tertiary/aromatic N) is 2. The minimum atomic E-state index is -0.326. The predicted molar refractivity (Wildman–Crippen MR) is 87.0 cm³/mol. The second-order valence-electron chi connectivity index (χ2n) is 5.54. The van der Waals surface area contributed by atoms with Gasteiger partial charge in [-0.2, -0.15) is 6.07 Å². The summed E-state index contributed by atoms with van der Waals surface area (Å²) in [5.41, 5.74) is 3.35. The fraction of sp³-hybridized carbons (Fsp3) is 0.176. The Kier molecular flexibility index (Phi) is 6.52. The number of rotatable bonds is 3. The molecule has 1 N–H and O–H groups in total. The topological polar surface area (TPSA) is 64.4 Å². The van der Waals surface area contributed by atoms with E-state index in [1.807, 2.05) is 12.4 Å². The molecule has 0 amide bonds. The average Bonchev–Trinajstić information content (AvgIpc) is 3.25. The van der Waals surface area contributed by atoms with Gasteiger partial charge in [0.05, 0.1) is 12.0 Å². The number of aromatic nitrogens is 2. The van der Waals surface area contributed by atoms with Crippen LogP contribution in [0.15, 0.2) is 41.1 Å². The van der Waals surface area contributed by atoms with Crippen molar-refractivity contribution in [3.63, 3.8) is 0 Å². The molecule has 2 aromatic heterocycles. The fourth-order valence-electron chi connectivity index (χ4n) is 2.70. The summed E-state index contributed by atoms with van der Waals surface area (Å²) in [6.45, 7) is 0. The molecular formula is C17H12BrFKN2O2-. The first kappa shape index (κ1) is 19.9. The molecule has 0 unspecified atom stereocenters. The van der Waals surface area contributed by atoms with Crippen molar-refractivity contribution in [3.05, 3.63) is 58.1 Å². The Balaban J connectivity index is 0.00000104. The SMILES string of the molecule is O=[C-]c1cc(C2CC2)c2nc(-c3ccc(Br)cc3F)cn2c1.[K+].[OH-]. The van der Waals surface area contributed by atoms with Crippen LogP contribution in [0.3, 0.4) is 0 Å². The van der Waals surface area contributed by atoms with Crippen LogP contribution in [-0.2, 0) is 4.79 Å². The monoisotopic (exact) mass is 413 g/mol. The van der Waals surface area contributed by atoms with Gasteiger partial charge in [-0.25, -0.2) is 9.37 Å². The van der Waals surface area contributed by atoms with Crippen LogP contribution in [0.1, 0.15) is 29.9 Å². The maximum atomic E-state index is 14.1. The van der Waals surface area contributed by atoms with E-state index >= 15 is 0 Å². The summed E-state index contributed by atoms with van der Waals surface area (Å²) >= 11 is 3.25. The smallest absolute Gasteiger partial charge is 0.870 e. The van der Waals surface area contributed by atoms with Crippen molar-refractivity contribution in [2.24, 2.45) is 0 Å². The van der Waals surface area contributed by atoms with Crippen molar-refractivity contribution in [2.45, 2.75) is 18.8 Å². The molecule has 1 saturated carbocycles. The van der Waals surface area contributed by atoms with Gasteiger partial charge in [0.25, 0.3) is 0 Å². The summed E-state index contributed by atoms with van der Waals surface area (Å²) in [5, 5.41) is 0. The molecular weight excluding hydrogens is 402 g/mol. The van der Waals surface area contributed by atoms with Crippen molar-refractivity contribution in [1.82, 2.24) is 9.38 Å². The van der Waals surface area contributed by atoms with Gasteiger partial charge in [0, 0.05) is 16.2 Å². The number of hydrogen-bond acceptors (Lipinski definition) is 3. The van der Waals surface area contributed by atoms with Crippen molar-refractivity contribution in [2.75, 3.05) is 0 Å². The number of pyridine rings is 1. The Hall–Kier alpha value is -0.414. The first-order valence-corrected chi connectivity index (χ1v) is 7.81. The summed E-state index contributed by atoms with van der Waals surface area (Å²) in [5.74, 6) is 0.119. The molecule has 1 aromatic carbocycles. The van der Waals surface area contributed by atoms with Crippen molar-refractivity contribution < 1.29 is 66.0 Å². The van der Waals surface area contributed by atoms with E-state index in [1.54, 1.807) is 28.9 Å². The molecule has 2 heterocycles.